The molecule has 19 heteroatoms. The van der Waals surface area contributed by atoms with Crippen LogP contribution in [0.3, 0.4) is 0 Å². The van der Waals surface area contributed by atoms with E-state index in [1.807, 2.05) is 41.5 Å². The van der Waals surface area contributed by atoms with E-state index in [0.717, 1.165) is 19.4 Å². The zero-order valence-corrected chi connectivity index (χ0v) is 47.3. The van der Waals surface area contributed by atoms with Gasteiger partial charge in [0.15, 0.2) is 23.6 Å². The highest BCUT2D eigenvalue weighted by Gasteiger charge is 2.78. The number of rotatable bonds is 16. The van der Waals surface area contributed by atoms with E-state index in [1.165, 1.54) is 33.3 Å². The number of hydrogen-bond donors (Lipinski definition) is 3. The number of carbonyl (C=O) groups excluding carboxylic acids is 6. The van der Waals surface area contributed by atoms with Crippen molar-refractivity contribution in [3.8, 4) is 11.5 Å². The van der Waals surface area contributed by atoms with Gasteiger partial charge in [-0.25, -0.2) is 14.4 Å². The van der Waals surface area contributed by atoms with Crippen molar-refractivity contribution in [3.05, 3.63) is 46.6 Å². The van der Waals surface area contributed by atoms with Crippen LogP contribution in [0.15, 0.2) is 41.0 Å². The van der Waals surface area contributed by atoms with Gasteiger partial charge in [-0.3, -0.25) is 14.4 Å². The van der Waals surface area contributed by atoms with Crippen molar-refractivity contribution in [3.63, 3.8) is 0 Å². The lowest BCUT2D eigenvalue weighted by Crippen LogP contribution is -2.82. The average Bonchev–Trinajstić information content (AvgIpc) is 3.25. The van der Waals surface area contributed by atoms with Crippen LogP contribution in [0.1, 0.15) is 141 Å². The van der Waals surface area contributed by atoms with E-state index >= 15 is 14.4 Å². The summed E-state index contributed by atoms with van der Waals surface area (Å²) in [6.45, 7) is 29.1. The Balaban J connectivity index is 1.86. The van der Waals surface area contributed by atoms with Crippen molar-refractivity contribution < 1.29 is 81.3 Å². The molecule has 0 radical (unpaired) electrons. The molecule has 3 N–H and O–H groups in total. The summed E-state index contributed by atoms with van der Waals surface area (Å²) in [5.74, 6) is -5.86. The Hall–Kier alpha value is -4.82. The summed E-state index contributed by atoms with van der Waals surface area (Å²) >= 11 is 0. The first-order valence-corrected chi connectivity index (χ1v) is 27.3. The molecule has 2 saturated carbocycles. The Morgan fingerprint density at radius 3 is 1.97 bits per heavy atom. The van der Waals surface area contributed by atoms with Gasteiger partial charge in [0.1, 0.15) is 46.6 Å². The van der Waals surface area contributed by atoms with Crippen LogP contribution < -0.4 is 14.8 Å². The van der Waals surface area contributed by atoms with Gasteiger partial charge < -0.3 is 57.9 Å². The van der Waals surface area contributed by atoms with E-state index in [9.17, 15) is 24.6 Å². The molecule has 0 aromatic heterocycles. The Morgan fingerprint density at radius 1 is 0.890 bits per heavy atom. The summed E-state index contributed by atoms with van der Waals surface area (Å²) in [5.41, 5.74) is -8.39. The average molecular weight is 1040 g/mol. The number of fused-ring (bicyclic) bond motifs is 5. The number of benzene rings is 1. The number of carbonyl (C=O) groups is 6. The first kappa shape index (κ1) is 59.1. The molecule has 0 unspecified atom stereocenters. The number of Topliss-reactive ketones (excluding diaryl/α,β-unsaturated/α-hetero) is 1. The molecular formula is C54H81NO17Si. The lowest BCUT2D eigenvalue weighted by molar-refractivity contribution is -0.346. The lowest BCUT2D eigenvalue weighted by atomic mass is 9.44. The van der Waals surface area contributed by atoms with Gasteiger partial charge in [0.2, 0.25) is 8.32 Å². The van der Waals surface area contributed by atoms with Crippen LogP contribution in [0, 0.1) is 16.7 Å². The largest absolute Gasteiger partial charge is 0.497 e. The Bertz CT molecular complexity index is 2340. The fraction of sp³-hybridized carbons (Fsp3) is 0.704. The fourth-order valence-electron chi connectivity index (χ4n) is 12.5. The topological polar surface area (TPSA) is 238 Å². The fourth-order valence-corrected chi connectivity index (χ4v) is 18.0. The van der Waals surface area contributed by atoms with Crippen LogP contribution in [0.25, 0.3) is 0 Å². The smallest absolute Gasteiger partial charge is 0.408 e. The predicted molar refractivity (Wildman–Crippen MR) is 270 cm³/mol. The molecule has 2 bridgehead atoms. The molecule has 4 aliphatic rings. The number of aliphatic hydroxyl groups is 2. The van der Waals surface area contributed by atoms with E-state index in [2.05, 4.69) is 5.32 Å². The minimum absolute atomic E-state index is 0.0140. The molecule has 1 aliphatic heterocycles. The first-order valence-electron chi connectivity index (χ1n) is 25.2. The number of amides is 1. The zero-order valence-electron chi connectivity index (χ0n) is 46.3. The number of esters is 4. The molecule has 0 spiro atoms. The minimum atomic E-state index is -3.04. The standard InChI is InChI=1S/C54H81NO17Si/c1-27(2)22-36(55-49(62)71-50(12,13)14)42(72-73(28(3)4,29(5)6)30(7)8)48(61)68-38-25-54(63)46(69-47(60)35-23-34(64-18)20-21-37(35)65-19)44-52(17,39(58)24-40-53(44,26-66-40)70-33(11)57)45(59)43(67-32(10)56)41(31(38)9)51(54,15)16/h20-23,28-30,36,38-40,42-44,46,58,63H,24-26H2,1-19H3,(H,55,62)/t36-,38-,39-,40+,42+,43+,44-,46-,52+,53-,54+/m0/s1. The highest BCUT2D eigenvalue weighted by molar-refractivity contribution is 6.77. The SMILES string of the molecule is COc1ccc(OC)c(C(=O)O[C@H]2[C@@H]3[C@]4(OC(C)=O)CO[C@@H]4C[C@H](O)[C@@]3(C)C(=O)[C@H](OC(C)=O)C3=C(C)[C@@H](OC(=O)[C@H](O[Si](C(C)C)(C(C)C)C(C)C)[C@H](C=C(C)C)NC(=O)OC(C)(C)C)C[C@]2(O)C3(C)C)c1. The number of aliphatic hydroxyl groups excluding tert-OH is 1. The summed E-state index contributed by atoms with van der Waals surface area (Å²) < 4.78 is 55.5. The molecule has 408 valence electrons. The minimum Gasteiger partial charge on any atom is -0.497 e. The molecule has 1 aromatic rings. The van der Waals surface area contributed by atoms with Crippen molar-refractivity contribution in [1.29, 1.82) is 0 Å². The van der Waals surface area contributed by atoms with Crippen LogP contribution in [0.4, 0.5) is 4.79 Å². The summed E-state index contributed by atoms with van der Waals surface area (Å²) in [6.07, 6.45) is -9.35. The predicted octanol–water partition coefficient (Wildman–Crippen LogP) is 7.64. The highest BCUT2D eigenvalue weighted by Crippen LogP contribution is 2.64. The number of ketones is 1. The maximum Gasteiger partial charge on any atom is 0.408 e. The molecule has 1 amide bonds. The van der Waals surface area contributed by atoms with Crippen molar-refractivity contribution in [2.45, 2.75) is 207 Å². The molecule has 3 fully saturated rings. The van der Waals surface area contributed by atoms with Crippen LogP contribution in [0.5, 0.6) is 11.5 Å². The first-order chi connectivity index (χ1) is 33.6. The molecule has 3 aliphatic carbocycles. The van der Waals surface area contributed by atoms with Crippen LogP contribution in [-0.2, 0) is 52.0 Å². The molecule has 1 heterocycles. The van der Waals surface area contributed by atoms with Crippen LogP contribution in [-0.4, -0.2) is 135 Å². The lowest BCUT2D eigenvalue weighted by Gasteiger charge is -2.67. The van der Waals surface area contributed by atoms with E-state index in [4.69, 9.17) is 42.3 Å². The van der Waals surface area contributed by atoms with Crippen molar-refractivity contribution in [1.82, 2.24) is 5.32 Å². The highest BCUT2D eigenvalue weighted by atomic mass is 28.4. The molecule has 11 atom stereocenters. The number of alkyl carbamates (subject to hydrolysis) is 1. The summed E-state index contributed by atoms with van der Waals surface area (Å²) in [7, 11) is -0.296. The summed E-state index contributed by atoms with van der Waals surface area (Å²) in [6, 6.07) is 3.26. The molecule has 1 saturated heterocycles. The maximum absolute atomic E-state index is 15.9. The number of hydrogen-bond acceptors (Lipinski definition) is 17. The van der Waals surface area contributed by atoms with Gasteiger partial charge in [0.25, 0.3) is 0 Å². The van der Waals surface area contributed by atoms with Gasteiger partial charge in [-0.15, -0.1) is 0 Å². The third-order valence-electron chi connectivity index (χ3n) is 15.9. The number of nitrogens with one attached hydrogen (secondary N) is 1. The van der Waals surface area contributed by atoms with Gasteiger partial charge in [0, 0.05) is 32.1 Å². The second-order valence-corrected chi connectivity index (χ2v) is 28.6. The molecule has 1 aromatic carbocycles. The molecule has 5 rings (SSSR count). The summed E-state index contributed by atoms with van der Waals surface area (Å²) in [4.78, 5) is 86.8. The normalized spacial score (nSPS) is 29.5. The number of methoxy groups -OCH3 is 2. The number of ether oxygens (including phenoxy) is 8. The maximum atomic E-state index is 15.9. The third kappa shape index (κ3) is 10.7. The quantitative estimate of drug-likeness (QED) is 0.0624. The van der Waals surface area contributed by atoms with Gasteiger partial charge in [-0.05, 0) is 94.4 Å². The van der Waals surface area contributed by atoms with E-state index in [0.29, 0.717) is 0 Å². The number of allylic oxidation sites excluding steroid dienone is 1. The van der Waals surface area contributed by atoms with Crippen molar-refractivity contribution in [2.75, 3.05) is 20.8 Å². The summed E-state index contributed by atoms with van der Waals surface area (Å²) in [5, 5.41) is 29.4. The van der Waals surface area contributed by atoms with Crippen LogP contribution >= 0.6 is 0 Å². The molecular weight excluding hydrogens is 963 g/mol. The Labute approximate surface area is 431 Å². The second kappa shape index (κ2) is 21.4. The van der Waals surface area contributed by atoms with E-state index < -0.39 is 127 Å². The third-order valence-corrected chi connectivity index (χ3v) is 21.9. The Kier molecular flexibility index (Phi) is 17.3. The van der Waals surface area contributed by atoms with Gasteiger partial charge >= 0.3 is 30.0 Å². The monoisotopic (exact) mass is 1040 g/mol. The van der Waals surface area contributed by atoms with Gasteiger partial charge in [-0.1, -0.05) is 67.0 Å². The molecule has 73 heavy (non-hydrogen) atoms. The molecule has 18 nitrogen and oxygen atoms in total. The van der Waals surface area contributed by atoms with Gasteiger partial charge in [0.05, 0.1) is 44.3 Å². The van der Waals surface area contributed by atoms with Crippen molar-refractivity contribution in [2.24, 2.45) is 16.7 Å². The Morgan fingerprint density at radius 2 is 1.49 bits per heavy atom. The van der Waals surface area contributed by atoms with Gasteiger partial charge in [-0.2, -0.15) is 0 Å². The second-order valence-electron chi connectivity index (χ2n) is 23.2. The van der Waals surface area contributed by atoms with E-state index in [-0.39, 0.29) is 57.9 Å². The zero-order chi connectivity index (χ0) is 55.3. The van der Waals surface area contributed by atoms with Crippen molar-refractivity contribution >= 4 is 44.1 Å². The van der Waals surface area contributed by atoms with E-state index in [1.54, 1.807) is 67.5 Å². The van der Waals surface area contributed by atoms with Crippen LogP contribution in [0.2, 0.25) is 16.6 Å².